The third kappa shape index (κ3) is 6.02. The summed E-state index contributed by atoms with van der Waals surface area (Å²) in [6.07, 6.45) is 3.17. The van der Waals surface area contributed by atoms with Gasteiger partial charge in [-0.05, 0) is 26.6 Å². The van der Waals surface area contributed by atoms with Gasteiger partial charge in [0.05, 0.1) is 12.2 Å². The lowest BCUT2D eigenvalue weighted by Crippen LogP contribution is -2.53. The number of carbonyl (C=O) groups is 1. The highest BCUT2D eigenvalue weighted by Gasteiger charge is 2.19. The first-order chi connectivity index (χ1) is 7.19. The third-order valence-electron chi connectivity index (χ3n) is 2.16. The van der Waals surface area contributed by atoms with Gasteiger partial charge in [-0.3, -0.25) is 10.1 Å². The number of rotatable bonds is 8. The van der Waals surface area contributed by atoms with Crippen molar-refractivity contribution in [1.82, 2.24) is 16.0 Å². The minimum atomic E-state index is -0.114. The van der Waals surface area contributed by atoms with Crippen molar-refractivity contribution in [2.45, 2.75) is 32.5 Å². The van der Waals surface area contributed by atoms with Crippen molar-refractivity contribution in [2.24, 2.45) is 0 Å². The summed E-state index contributed by atoms with van der Waals surface area (Å²) in [5.74, 6) is 0.879. The van der Waals surface area contributed by atoms with E-state index in [-0.39, 0.29) is 18.1 Å². The van der Waals surface area contributed by atoms with Gasteiger partial charge in [0, 0.05) is 12.3 Å². The molecule has 0 spiro atoms. The number of amides is 1. The van der Waals surface area contributed by atoms with Crippen molar-refractivity contribution in [2.75, 3.05) is 25.6 Å². The molecule has 0 aliphatic heterocycles. The van der Waals surface area contributed by atoms with Crippen LogP contribution in [0.3, 0.4) is 0 Å². The molecular formula is C10H23N3OS. The van der Waals surface area contributed by atoms with E-state index in [9.17, 15) is 4.79 Å². The Bertz CT molecular complexity index is 174. The normalized spacial score (nSPS) is 14.7. The number of hydrogen-bond acceptors (Lipinski definition) is 4. The highest BCUT2D eigenvalue weighted by Crippen LogP contribution is 1.99. The summed E-state index contributed by atoms with van der Waals surface area (Å²) in [7, 11) is 1.90. The Labute approximate surface area is 97.0 Å². The Balaban J connectivity index is 4.18. The van der Waals surface area contributed by atoms with E-state index in [1.165, 1.54) is 0 Å². The standard InChI is InChI=1S/C10H23N3OS/c1-5-9(11-3)13-8(7-15-4)10(14)12-6-2/h8-9,11,13H,5-7H2,1-4H3,(H,12,14). The van der Waals surface area contributed by atoms with Crippen LogP contribution in [0.25, 0.3) is 0 Å². The van der Waals surface area contributed by atoms with Gasteiger partial charge in [0.15, 0.2) is 0 Å². The molecule has 2 atom stereocenters. The Morgan fingerprint density at radius 1 is 1.40 bits per heavy atom. The molecule has 0 aliphatic carbocycles. The Morgan fingerprint density at radius 2 is 2.07 bits per heavy atom. The maximum absolute atomic E-state index is 11.7. The fourth-order valence-corrected chi connectivity index (χ4v) is 1.89. The Morgan fingerprint density at radius 3 is 2.47 bits per heavy atom. The van der Waals surface area contributed by atoms with Gasteiger partial charge < -0.3 is 10.6 Å². The highest BCUT2D eigenvalue weighted by atomic mass is 32.2. The first-order valence-corrected chi connectivity index (χ1v) is 6.78. The second-order valence-electron chi connectivity index (χ2n) is 3.32. The van der Waals surface area contributed by atoms with Crippen molar-refractivity contribution in [3.05, 3.63) is 0 Å². The molecule has 90 valence electrons. The Kier molecular flexibility index (Phi) is 8.85. The predicted molar refractivity (Wildman–Crippen MR) is 67.1 cm³/mol. The largest absolute Gasteiger partial charge is 0.355 e. The van der Waals surface area contributed by atoms with Crippen LogP contribution in [0.15, 0.2) is 0 Å². The van der Waals surface area contributed by atoms with Crippen molar-refractivity contribution in [3.63, 3.8) is 0 Å². The Hall–Kier alpha value is -0.260. The van der Waals surface area contributed by atoms with Crippen LogP contribution in [-0.4, -0.2) is 43.7 Å². The molecule has 0 saturated heterocycles. The van der Waals surface area contributed by atoms with E-state index in [0.29, 0.717) is 6.54 Å². The van der Waals surface area contributed by atoms with Crippen molar-refractivity contribution in [1.29, 1.82) is 0 Å². The summed E-state index contributed by atoms with van der Waals surface area (Å²) in [6.45, 7) is 4.70. The molecule has 2 unspecified atom stereocenters. The van der Waals surface area contributed by atoms with Gasteiger partial charge in [0.2, 0.25) is 5.91 Å². The van der Waals surface area contributed by atoms with Crippen LogP contribution in [0.1, 0.15) is 20.3 Å². The van der Waals surface area contributed by atoms with Crippen LogP contribution in [-0.2, 0) is 4.79 Å². The van der Waals surface area contributed by atoms with E-state index in [4.69, 9.17) is 0 Å². The van der Waals surface area contributed by atoms with Gasteiger partial charge in [0.25, 0.3) is 0 Å². The molecule has 0 radical (unpaired) electrons. The fourth-order valence-electron chi connectivity index (χ4n) is 1.31. The molecule has 5 heteroatoms. The lowest BCUT2D eigenvalue weighted by Gasteiger charge is -2.23. The van der Waals surface area contributed by atoms with Crippen molar-refractivity contribution < 1.29 is 4.79 Å². The van der Waals surface area contributed by atoms with Crippen LogP contribution in [0.4, 0.5) is 0 Å². The van der Waals surface area contributed by atoms with Gasteiger partial charge in [-0.25, -0.2) is 0 Å². The maximum atomic E-state index is 11.7. The highest BCUT2D eigenvalue weighted by molar-refractivity contribution is 7.98. The SMILES string of the molecule is CCNC(=O)C(CSC)NC(CC)NC. The summed E-state index contributed by atoms with van der Waals surface area (Å²) in [5.41, 5.74) is 0. The average Bonchev–Trinajstić information content (AvgIpc) is 2.24. The summed E-state index contributed by atoms with van der Waals surface area (Å²) in [5, 5.41) is 9.27. The number of hydrogen-bond donors (Lipinski definition) is 3. The third-order valence-corrected chi connectivity index (χ3v) is 2.83. The molecule has 1 amide bonds. The number of thioether (sulfide) groups is 1. The van der Waals surface area contributed by atoms with Crippen LogP contribution in [0.2, 0.25) is 0 Å². The van der Waals surface area contributed by atoms with E-state index >= 15 is 0 Å². The van der Waals surface area contributed by atoms with E-state index < -0.39 is 0 Å². The summed E-state index contributed by atoms with van der Waals surface area (Å²) < 4.78 is 0. The lowest BCUT2D eigenvalue weighted by atomic mass is 10.2. The molecule has 15 heavy (non-hydrogen) atoms. The van der Waals surface area contributed by atoms with Crippen LogP contribution in [0, 0.1) is 0 Å². The number of nitrogens with one attached hydrogen (secondary N) is 3. The molecule has 0 rings (SSSR count). The van der Waals surface area contributed by atoms with Crippen LogP contribution >= 0.6 is 11.8 Å². The summed E-state index contributed by atoms with van der Waals surface area (Å²) in [6, 6.07) is -0.114. The maximum Gasteiger partial charge on any atom is 0.238 e. The average molecular weight is 233 g/mol. The zero-order chi connectivity index (χ0) is 11.7. The molecule has 4 nitrogen and oxygen atoms in total. The molecular weight excluding hydrogens is 210 g/mol. The van der Waals surface area contributed by atoms with E-state index in [0.717, 1.165) is 12.2 Å². The molecule has 3 N–H and O–H groups in total. The number of likely N-dealkylation sites (N-methyl/N-ethyl adjacent to an activating group) is 1. The lowest BCUT2D eigenvalue weighted by molar-refractivity contribution is -0.122. The smallest absolute Gasteiger partial charge is 0.238 e. The summed E-state index contributed by atoms with van der Waals surface area (Å²) in [4.78, 5) is 11.7. The predicted octanol–water partition coefficient (Wildman–Crippen LogP) is 0.399. The number of carbonyl (C=O) groups excluding carboxylic acids is 1. The molecule has 0 saturated carbocycles. The van der Waals surface area contributed by atoms with Gasteiger partial charge in [-0.2, -0.15) is 11.8 Å². The zero-order valence-corrected chi connectivity index (χ0v) is 10.9. The van der Waals surface area contributed by atoms with Gasteiger partial charge in [-0.15, -0.1) is 0 Å². The molecule has 0 aromatic rings. The molecule has 0 aromatic carbocycles. The van der Waals surface area contributed by atoms with Crippen LogP contribution < -0.4 is 16.0 Å². The molecule has 0 fully saturated rings. The van der Waals surface area contributed by atoms with Gasteiger partial charge in [0.1, 0.15) is 0 Å². The molecule has 0 heterocycles. The monoisotopic (exact) mass is 233 g/mol. The van der Waals surface area contributed by atoms with E-state index in [2.05, 4.69) is 22.9 Å². The van der Waals surface area contributed by atoms with E-state index in [1.807, 2.05) is 20.2 Å². The van der Waals surface area contributed by atoms with Gasteiger partial charge in [-0.1, -0.05) is 6.92 Å². The van der Waals surface area contributed by atoms with Crippen molar-refractivity contribution >= 4 is 17.7 Å². The minimum absolute atomic E-state index is 0.0838. The second-order valence-corrected chi connectivity index (χ2v) is 4.23. The topological polar surface area (TPSA) is 53.2 Å². The quantitative estimate of drug-likeness (QED) is 0.531. The molecule has 0 aliphatic rings. The second kappa shape index (κ2) is 9.00. The molecule has 0 bridgehead atoms. The summed E-state index contributed by atoms with van der Waals surface area (Å²) >= 11 is 1.68. The minimum Gasteiger partial charge on any atom is -0.355 e. The van der Waals surface area contributed by atoms with Crippen LogP contribution in [0.5, 0.6) is 0 Å². The van der Waals surface area contributed by atoms with E-state index in [1.54, 1.807) is 11.8 Å². The zero-order valence-electron chi connectivity index (χ0n) is 10.1. The van der Waals surface area contributed by atoms with Crippen molar-refractivity contribution in [3.8, 4) is 0 Å². The first kappa shape index (κ1) is 14.7. The van der Waals surface area contributed by atoms with Gasteiger partial charge >= 0.3 is 0 Å². The first-order valence-electron chi connectivity index (χ1n) is 5.39. The fraction of sp³-hybridized carbons (Fsp3) is 0.900. The molecule has 0 aromatic heterocycles.